The molecule has 10 heteroatoms. The molecule has 0 unspecified atom stereocenters. The van der Waals surface area contributed by atoms with Crippen molar-refractivity contribution in [1.82, 2.24) is 20.1 Å². The summed E-state index contributed by atoms with van der Waals surface area (Å²) in [6, 6.07) is 2.25. The molecule has 0 spiro atoms. The Labute approximate surface area is 193 Å². The molecule has 0 saturated carbocycles. The Morgan fingerprint density at radius 2 is 2.06 bits per heavy atom. The molecule has 1 aromatic rings. The van der Waals surface area contributed by atoms with Crippen LogP contribution in [0.3, 0.4) is 0 Å². The second-order valence-electron chi connectivity index (χ2n) is 9.30. The Balaban J connectivity index is 1.63. The zero-order valence-electron chi connectivity index (χ0n) is 19.6. The van der Waals surface area contributed by atoms with E-state index >= 15 is 0 Å². The first-order valence-electron chi connectivity index (χ1n) is 11.2. The van der Waals surface area contributed by atoms with Crippen LogP contribution < -0.4 is 5.32 Å². The van der Waals surface area contributed by atoms with E-state index in [1.807, 2.05) is 0 Å². The predicted molar refractivity (Wildman–Crippen MR) is 118 cm³/mol. The van der Waals surface area contributed by atoms with Gasteiger partial charge in [-0.05, 0) is 45.7 Å². The molecule has 2 fully saturated rings. The van der Waals surface area contributed by atoms with Gasteiger partial charge in [0.2, 0.25) is 11.8 Å². The first-order valence-corrected chi connectivity index (χ1v) is 11.2. The van der Waals surface area contributed by atoms with Gasteiger partial charge in [0.15, 0.2) is 0 Å². The van der Waals surface area contributed by atoms with Crippen molar-refractivity contribution in [2.75, 3.05) is 26.2 Å². The summed E-state index contributed by atoms with van der Waals surface area (Å²) in [5.41, 5.74) is 0.0102. The summed E-state index contributed by atoms with van der Waals surface area (Å²) in [6.07, 6.45) is 3.30. The van der Waals surface area contributed by atoms with Gasteiger partial charge in [0, 0.05) is 31.4 Å². The maximum absolute atomic E-state index is 13.0. The van der Waals surface area contributed by atoms with Crippen molar-refractivity contribution < 1.29 is 28.7 Å². The van der Waals surface area contributed by atoms with Crippen LogP contribution in [0.15, 0.2) is 24.5 Å². The van der Waals surface area contributed by atoms with E-state index in [9.17, 15) is 19.2 Å². The average Bonchev–Trinajstić information content (AvgIpc) is 3.27. The van der Waals surface area contributed by atoms with Crippen LogP contribution in [0.5, 0.6) is 0 Å². The first-order chi connectivity index (χ1) is 15.6. The number of aromatic nitrogens is 1. The zero-order valence-corrected chi connectivity index (χ0v) is 19.6. The van der Waals surface area contributed by atoms with Crippen molar-refractivity contribution in [3.8, 4) is 0 Å². The molecule has 0 aliphatic carbocycles. The van der Waals surface area contributed by atoms with Crippen LogP contribution in [0.2, 0.25) is 0 Å². The molecular formula is C23H32N4O6. The molecule has 0 aromatic carbocycles. The third kappa shape index (κ3) is 6.21. The quantitative estimate of drug-likeness (QED) is 0.615. The summed E-state index contributed by atoms with van der Waals surface area (Å²) in [6.45, 7) is 7.98. The lowest BCUT2D eigenvalue weighted by atomic mass is 10.0. The summed E-state index contributed by atoms with van der Waals surface area (Å²) < 4.78 is 10.5. The number of carbonyl (C=O) groups is 4. The Kier molecular flexibility index (Phi) is 7.55. The van der Waals surface area contributed by atoms with Crippen LogP contribution in [-0.2, 0) is 23.9 Å². The Morgan fingerprint density at radius 3 is 2.70 bits per heavy atom. The number of hydrogen-bond donors (Lipinski definition) is 1. The van der Waals surface area contributed by atoms with Gasteiger partial charge in [0.25, 0.3) is 0 Å². The number of hydrogen-bond acceptors (Lipinski definition) is 7. The fourth-order valence-corrected chi connectivity index (χ4v) is 4.24. The normalized spacial score (nSPS) is 20.9. The lowest BCUT2D eigenvalue weighted by molar-refractivity contribution is -0.144. The topological polar surface area (TPSA) is 118 Å². The minimum absolute atomic E-state index is 0.0357. The molecule has 180 valence electrons. The van der Waals surface area contributed by atoms with E-state index in [-0.39, 0.29) is 31.4 Å². The molecule has 10 nitrogen and oxygen atoms in total. The predicted octanol–water partition coefficient (Wildman–Crippen LogP) is 1.66. The van der Waals surface area contributed by atoms with Gasteiger partial charge in [-0.25, -0.2) is 4.79 Å². The van der Waals surface area contributed by atoms with Crippen molar-refractivity contribution in [2.45, 2.75) is 58.2 Å². The molecule has 2 aliphatic heterocycles. The molecule has 0 bridgehead atoms. The highest BCUT2D eigenvalue weighted by atomic mass is 16.6. The molecular weight excluding hydrogens is 428 g/mol. The molecule has 2 aliphatic rings. The molecule has 3 atom stereocenters. The van der Waals surface area contributed by atoms with Crippen LogP contribution in [0.1, 0.15) is 52.1 Å². The highest BCUT2D eigenvalue weighted by Gasteiger charge is 2.50. The summed E-state index contributed by atoms with van der Waals surface area (Å²) in [4.78, 5) is 57.4. The maximum atomic E-state index is 13.0. The first kappa shape index (κ1) is 24.5. The van der Waals surface area contributed by atoms with Crippen molar-refractivity contribution in [3.63, 3.8) is 0 Å². The van der Waals surface area contributed by atoms with Crippen molar-refractivity contribution in [1.29, 1.82) is 0 Å². The number of amides is 3. The van der Waals surface area contributed by atoms with E-state index in [1.54, 1.807) is 52.2 Å². The van der Waals surface area contributed by atoms with E-state index in [4.69, 9.17) is 9.47 Å². The number of pyridine rings is 1. The van der Waals surface area contributed by atoms with E-state index < -0.39 is 35.7 Å². The third-order valence-corrected chi connectivity index (χ3v) is 5.60. The second kappa shape index (κ2) is 10.2. The van der Waals surface area contributed by atoms with E-state index in [1.165, 1.54) is 9.80 Å². The molecule has 3 heterocycles. The molecule has 3 amide bonds. The fourth-order valence-electron chi connectivity index (χ4n) is 4.24. The van der Waals surface area contributed by atoms with Crippen LogP contribution in [0.4, 0.5) is 4.79 Å². The highest BCUT2D eigenvalue weighted by Crippen LogP contribution is 2.33. The lowest BCUT2D eigenvalue weighted by Crippen LogP contribution is -2.47. The molecule has 1 N–H and O–H groups in total. The van der Waals surface area contributed by atoms with Crippen LogP contribution in [0, 0.1) is 5.92 Å². The van der Waals surface area contributed by atoms with Gasteiger partial charge in [0.1, 0.15) is 11.6 Å². The van der Waals surface area contributed by atoms with Gasteiger partial charge in [-0.15, -0.1) is 0 Å². The molecule has 2 saturated heterocycles. The van der Waals surface area contributed by atoms with Crippen molar-refractivity contribution in [3.05, 3.63) is 30.1 Å². The van der Waals surface area contributed by atoms with Gasteiger partial charge in [0.05, 0.1) is 25.6 Å². The standard InChI is InChI=1S/C23H32N4O6/c1-5-32-19(29)11-17(15-7-6-9-24-12-15)25-18(28)14-26-13-16-8-10-27(20(16)21(26)30)22(31)33-23(2,3)4/h6-7,9,12,16-17,20H,5,8,10-11,13-14H2,1-4H3,(H,25,28)/t16-,17-,20-/m0/s1. The number of nitrogens with zero attached hydrogens (tertiary/aromatic N) is 3. The average molecular weight is 461 g/mol. The number of ether oxygens (including phenoxy) is 2. The summed E-state index contributed by atoms with van der Waals surface area (Å²) in [5.74, 6) is -1.13. The second-order valence-corrected chi connectivity index (χ2v) is 9.30. The number of nitrogens with one attached hydrogen (secondary N) is 1. The van der Waals surface area contributed by atoms with Crippen LogP contribution in [0.25, 0.3) is 0 Å². The SMILES string of the molecule is CCOC(=O)C[C@H](NC(=O)CN1C[C@@H]2CCN(C(=O)OC(C)(C)C)[C@@H]2C1=O)c1cccnc1. The van der Waals surface area contributed by atoms with E-state index in [0.29, 0.717) is 25.1 Å². The third-order valence-electron chi connectivity index (χ3n) is 5.60. The lowest BCUT2D eigenvalue weighted by Gasteiger charge is -2.28. The number of fused-ring (bicyclic) bond motifs is 1. The van der Waals surface area contributed by atoms with Crippen LogP contribution >= 0.6 is 0 Å². The van der Waals surface area contributed by atoms with Gasteiger partial charge >= 0.3 is 12.1 Å². The molecule has 0 radical (unpaired) electrons. The van der Waals surface area contributed by atoms with Gasteiger partial charge in [-0.2, -0.15) is 0 Å². The number of carbonyl (C=O) groups excluding carboxylic acids is 4. The van der Waals surface area contributed by atoms with E-state index in [2.05, 4.69) is 10.3 Å². The van der Waals surface area contributed by atoms with Crippen molar-refractivity contribution >= 4 is 23.9 Å². The van der Waals surface area contributed by atoms with E-state index in [0.717, 1.165) is 0 Å². The number of esters is 1. The minimum Gasteiger partial charge on any atom is -0.466 e. The zero-order chi connectivity index (χ0) is 24.2. The van der Waals surface area contributed by atoms with Crippen molar-refractivity contribution in [2.24, 2.45) is 5.92 Å². The monoisotopic (exact) mass is 460 g/mol. The minimum atomic E-state index is -0.656. The fraction of sp³-hybridized carbons (Fsp3) is 0.609. The molecule has 33 heavy (non-hydrogen) atoms. The van der Waals surface area contributed by atoms with Gasteiger partial charge < -0.3 is 19.7 Å². The summed E-state index contributed by atoms with van der Waals surface area (Å²) >= 11 is 0. The molecule has 3 rings (SSSR count). The Bertz CT molecular complexity index is 885. The van der Waals surface area contributed by atoms with Gasteiger partial charge in [-0.3, -0.25) is 24.3 Å². The highest BCUT2D eigenvalue weighted by molar-refractivity contribution is 5.92. The van der Waals surface area contributed by atoms with Crippen LogP contribution in [-0.4, -0.2) is 76.5 Å². The summed E-state index contributed by atoms with van der Waals surface area (Å²) in [7, 11) is 0. The number of rotatable bonds is 7. The number of likely N-dealkylation sites (tertiary alicyclic amines) is 2. The van der Waals surface area contributed by atoms with Gasteiger partial charge in [-0.1, -0.05) is 6.07 Å². The smallest absolute Gasteiger partial charge is 0.410 e. The Hall–Kier alpha value is -3.17. The summed E-state index contributed by atoms with van der Waals surface area (Å²) in [5, 5.41) is 2.82. The largest absolute Gasteiger partial charge is 0.466 e. The maximum Gasteiger partial charge on any atom is 0.410 e. The Morgan fingerprint density at radius 1 is 1.30 bits per heavy atom. The molecule has 1 aromatic heterocycles.